The topological polar surface area (TPSA) is 72.9 Å². The van der Waals surface area contributed by atoms with Gasteiger partial charge in [-0.3, -0.25) is 19.8 Å². The van der Waals surface area contributed by atoms with Crippen LogP contribution < -0.4 is 10.2 Å². The molecule has 2 N–H and O–H groups in total. The summed E-state index contributed by atoms with van der Waals surface area (Å²) in [6.07, 6.45) is 15.6. The van der Waals surface area contributed by atoms with E-state index in [1.54, 1.807) is 0 Å². The number of nitrogens with zero attached hydrogens (tertiary/aromatic N) is 2. The van der Waals surface area contributed by atoms with Crippen LogP contribution in [0.15, 0.2) is 30.3 Å². The number of carbonyl (C=O) groups excluding carboxylic acids is 1. The zero-order valence-corrected chi connectivity index (χ0v) is 20.9. The third-order valence-electron chi connectivity index (χ3n) is 9.94. The number of para-hydroxylation sites is 1. The number of benzene rings is 1. The minimum Gasteiger partial charge on any atom is -0.480 e. The molecule has 1 aromatic rings. The molecule has 2 saturated heterocycles. The molecule has 6 atom stereocenters. The first-order chi connectivity index (χ1) is 17.0. The average Bonchev–Trinajstić information content (AvgIpc) is 3.64. The number of aliphatic carboxylic acids is 1. The highest BCUT2D eigenvalue weighted by Gasteiger charge is 2.51. The quantitative estimate of drug-likeness (QED) is 0.599. The summed E-state index contributed by atoms with van der Waals surface area (Å²) in [5.41, 5.74) is 0.0555. The maximum absolute atomic E-state index is 13.6. The summed E-state index contributed by atoms with van der Waals surface area (Å²) in [5.74, 6) is 1.04. The van der Waals surface area contributed by atoms with Crippen molar-refractivity contribution in [3.05, 3.63) is 30.3 Å². The van der Waals surface area contributed by atoms with Crippen LogP contribution in [0.3, 0.4) is 0 Å². The van der Waals surface area contributed by atoms with Gasteiger partial charge in [0.2, 0.25) is 5.91 Å². The van der Waals surface area contributed by atoms with Crippen LogP contribution in [0.4, 0.5) is 5.69 Å². The van der Waals surface area contributed by atoms with Crippen LogP contribution in [-0.2, 0) is 9.59 Å². The van der Waals surface area contributed by atoms with E-state index < -0.39 is 11.5 Å². The van der Waals surface area contributed by atoms with Gasteiger partial charge in [-0.2, -0.15) is 0 Å². The minimum absolute atomic E-state index is 0.00690. The molecule has 2 aliphatic heterocycles. The fourth-order valence-electron chi connectivity index (χ4n) is 8.20. The van der Waals surface area contributed by atoms with Crippen molar-refractivity contribution in [3.8, 4) is 0 Å². The molecule has 3 aliphatic carbocycles. The van der Waals surface area contributed by atoms with Crippen LogP contribution in [0.2, 0.25) is 0 Å². The Morgan fingerprint density at radius 3 is 2.11 bits per heavy atom. The molecule has 0 spiro atoms. The molecule has 1 amide bonds. The molecular weight excluding hydrogens is 438 g/mol. The summed E-state index contributed by atoms with van der Waals surface area (Å²) >= 11 is 0. The number of amides is 1. The zero-order chi connectivity index (χ0) is 24.0. The van der Waals surface area contributed by atoms with Gasteiger partial charge in [0.25, 0.3) is 0 Å². The number of rotatable bonds is 7. The first-order valence-electron chi connectivity index (χ1n) is 14.2. The molecule has 0 aromatic heterocycles. The van der Waals surface area contributed by atoms with Crippen molar-refractivity contribution in [1.29, 1.82) is 0 Å². The normalized spacial score (nSPS) is 35.8. The fraction of sp³-hybridized carbons (Fsp3) is 0.724. The summed E-state index contributed by atoms with van der Waals surface area (Å²) in [6.45, 7) is 0.0860. The number of piperidine rings is 2. The summed E-state index contributed by atoms with van der Waals surface area (Å²) in [4.78, 5) is 30.2. The monoisotopic (exact) mass is 479 g/mol. The van der Waals surface area contributed by atoms with Crippen molar-refractivity contribution in [2.75, 3.05) is 11.4 Å². The number of anilines is 1. The van der Waals surface area contributed by atoms with Gasteiger partial charge in [0, 0.05) is 29.9 Å². The highest BCUT2D eigenvalue weighted by Crippen LogP contribution is 2.46. The number of fused-ring (bicyclic) bond motifs is 4. The molecule has 190 valence electrons. The molecule has 2 unspecified atom stereocenters. The summed E-state index contributed by atoms with van der Waals surface area (Å²) in [7, 11) is 0. The maximum atomic E-state index is 13.6. The standard InChI is InChI=1S/C29H41N3O3/c33-27(19-30-29(12-13-29)28(34)35)32(22-8-2-1-3-9-22)26-17-23-10-5-11-24(18-26)31(23)25-15-20-6-4-7-21(14-20)16-25/h1-3,8-9,20-21,23-26,30H,4-7,10-19H2,(H,34,35)/t20-,21+,23-,24+,25?,26?. The highest BCUT2D eigenvalue weighted by molar-refractivity contribution is 5.96. The van der Waals surface area contributed by atoms with E-state index in [4.69, 9.17) is 0 Å². The highest BCUT2D eigenvalue weighted by atomic mass is 16.4. The van der Waals surface area contributed by atoms with Crippen LogP contribution >= 0.6 is 0 Å². The number of carbonyl (C=O) groups is 2. The lowest BCUT2D eigenvalue weighted by Crippen LogP contribution is -2.62. The van der Waals surface area contributed by atoms with Gasteiger partial charge < -0.3 is 10.0 Å². The fourth-order valence-corrected chi connectivity index (χ4v) is 8.20. The van der Waals surface area contributed by atoms with Gasteiger partial charge in [0.15, 0.2) is 0 Å². The van der Waals surface area contributed by atoms with Crippen molar-refractivity contribution < 1.29 is 14.7 Å². The Hall–Kier alpha value is -1.92. The van der Waals surface area contributed by atoms with E-state index in [2.05, 4.69) is 10.2 Å². The van der Waals surface area contributed by atoms with Gasteiger partial charge in [-0.25, -0.2) is 0 Å². The van der Waals surface area contributed by atoms with Gasteiger partial charge in [0.05, 0.1) is 6.54 Å². The van der Waals surface area contributed by atoms with Crippen LogP contribution in [-0.4, -0.2) is 58.1 Å². The van der Waals surface area contributed by atoms with E-state index in [1.807, 2.05) is 35.2 Å². The summed E-state index contributed by atoms with van der Waals surface area (Å²) in [6, 6.07) is 12.1. The second-order valence-corrected chi connectivity index (χ2v) is 12.2. The Morgan fingerprint density at radius 1 is 0.886 bits per heavy atom. The molecule has 1 aromatic carbocycles. The van der Waals surface area contributed by atoms with Gasteiger partial charge in [-0.1, -0.05) is 43.9 Å². The number of carboxylic acid groups (broad SMARTS) is 1. The molecule has 35 heavy (non-hydrogen) atoms. The van der Waals surface area contributed by atoms with Gasteiger partial charge >= 0.3 is 5.97 Å². The van der Waals surface area contributed by atoms with E-state index in [-0.39, 0.29) is 18.5 Å². The molecular formula is C29H41N3O3. The van der Waals surface area contributed by atoms with Crippen molar-refractivity contribution >= 4 is 17.6 Å². The van der Waals surface area contributed by atoms with Crippen LogP contribution in [0.5, 0.6) is 0 Å². The van der Waals surface area contributed by atoms with Gasteiger partial charge in [-0.15, -0.1) is 0 Å². The molecule has 2 heterocycles. The van der Waals surface area contributed by atoms with E-state index in [0.717, 1.165) is 36.4 Å². The van der Waals surface area contributed by atoms with E-state index >= 15 is 0 Å². The van der Waals surface area contributed by atoms with Crippen molar-refractivity contribution in [2.24, 2.45) is 11.8 Å². The molecule has 6 rings (SSSR count). The van der Waals surface area contributed by atoms with E-state index in [0.29, 0.717) is 24.9 Å². The molecule has 6 nitrogen and oxygen atoms in total. The molecule has 0 radical (unpaired) electrons. The Kier molecular flexibility index (Phi) is 6.38. The Bertz CT molecular complexity index is 906. The average molecular weight is 480 g/mol. The molecule has 3 saturated carbocycles. The van der Waals surface area contributed by atoms with Crippen LogP contribution in [0.25, 0.3) is 0 Å². The molecule has 5 aliphatic rings. The van der Waals surface area contributed by atoms with Crippen molar-refractivity contribution in [2.45, 2.75) is 113 Å². The zero-order valence-electron chi connectivity index (χ0n) is 20.9. The lowest BCUT2D eigenvalue weighted by Gasteiger charge is -2.56. The summed E-state index contributed by atoms with van der Waals surface area (Å²) in [5, 5.41) is 12.6. The van der Waals surface area contributed by atoms with Gasteiger partial charge in [-0.05, 0) is 81.8 Å². The van der Waals surface area contributed by atoms with Crippen molar-refractivity contribution in [1.82, 2.24) is 10.2 Å². The lowest BCUT2D eigenvalue weighted by molar-refractivity contribution is -0.140. The van der Waals surface area contributed by atoms with Gasteiger partial charge in [0.1, 0.15) is 5.54 Å². The van der Waals surface area contributed by atoms with E-state index in [9.17, 15) is 14.7 Å². The number of hydrogen-bond acceptors (Lipinski definition) is 4. The molecule has 6 heteroatoms. The van der Waals surface area contributed by atoms with Crippen molar-refractivity contribution in [3.63, 3.8) is 0 Å². The second kappa shape index (κ2) is 9.51. The third-order valence-corrected chi connectivity index (χ3v) is 9.94. The number of carboxylic acids is 1. The Morgan fingerprint density at radius 2 is 1.51 bits per heavy atom. The number of hydrogen-bond donors (Lipinski definition) is 2. The number of nitrogens with one attached hydrogen (secondary N) is 1. The predicted molar refractivity (Wildman–Crippen MR) is 136 cm³/mol. The minimum atomic E-state index is -0.892. The largest absolute Gasteiger partial charge is 0.480 e. The first-order valence-corrected chi connectivity index (χ1v) is 14.2. The van der Waals surface area contributed by atoms with Crippen LogP contribution in [0, 0.1) is 11.8 Å². The molecule has 5 fully saturated rings. The maximum Gasteiger partial charge on any atom is 0.323 e. The SMILES string of the molecule is O=C(CNC1(C(=O)O)CC1)N(c1ccccc1)C1C[C@H]2CCC[C@@H](C1)N2C1C[C@H]2CCC[C@@H](C1)C2. The Labute approximate surface area is 209 Å². The first kappa shape index (κ1) is 23.5. The lowest BCUT2D eigenvalue weighted by atomic mass is 9.68. The smallest absolute Gasteiger partial charge is 0.323 e. The second-order valence-electron chi connectivity index (χ2n) is 12.2. The Balaban J connectivity index is 1.20. The summed E-state index contributed by atoms with van der Waals surface area (Å²) < 4.78 is 0. The van der Waals surface area contributed by atoms with E-state index in [1.165, 1.54) is 57.8 Å². The molecule has 4 bridgehead atoms. The third kappa shape index (κ3) is 4.64. The van der Waals surface area contributed by atoms with Crippen LogP contribution in [0.1, 0.15) is 83.5 Å². The predicted octanol–water partition coefficient (Wildman–Crippen LogP) is 4.58.